The van der Waals surface area contributed by atoms with Gasteiger partial charge in [-0.25, -0.2) is 9.69 Å². The molecule has 0 aliphatic carbocycles. The number of hydrogen-bond donors (Lipinski definition) is 1. The van der Waals surface area contributed by atoms with E-state index in [1.165, 1.54) is 13.2 Å². The molecule has 10 heteroatoms. The van der Waals surface area contributed by atoms with Crippen LogP contribution in [0.5, 0.6) is 11.5 Å². The van der Waals surface area contributed by atoms with Gasteiger partial charge in [-0.3, -0.25) is 14.9 Å². The Kier molecular flexibility index (Phi) is 7.45. The van der Waals surface area contributed by atoms with Gasteiger partial charge in [0.05, 0.1) is 12.8 Å². The maximum Gasteiger partial charge on any atom is 0.335 e. The Morgan fingerprint density at radius 3 is 2.51 bits per heavy atom. The minimum atomic E-state index is -0.822. The molecule has 1 aliphatic heterocycles. The predicted octanol–water partition coefficient (Wildman–Crippen LogP) is 6.01. The molecule has 3 aromatic carbocycles. The lowest BCUT2D eigenvalue weighted by Crippen LogP contribution is -2.54. The van der Waals surface area contributed by atoms with Gasteiger partial charge >= 0.3 is 6.03 Å². The smallest absolute Gasteiger partial charge is 0.335 e. The zero-order valence-corrected chi connectivity index (χ0v) is 21.3. The van der Waals surface area contributed by atoms with Crippen LogP contribution in [-0.4, -0.2) is 25.0 Å². The summed E-state index contributed by atoms with van der Waals surface area (Å²) >= 11 is 15.4. The average Bonchev–Trinajstić information content (AvgIpc) is 2.81. The monoisotopic (exact) mass is 574 g/mol. The molecule has 35 heavy (non-hydrogen) atoms. The Morgan fingerprint density at radius 2 is 1.80 bits per heavy atom. The largest absolute Gasteiger partial charge is 0.493 e. The van der Waals surface area contributed by atoms with Gasteiger partial charge in [-0.15, -0.1) is 0 Å². The van der Waals surface area contributed by atoms with E-state index >= 15 is 0 Å². The number of hydrogen-bond acceptors (Lipinski definition) is 5. The fourth-order valence-corrected chi connectivity index (χ4v) is 4.21. The summed E-state index contributed by atoms with van der Waals surface area (Å²) in [6.45, 7) is 0.178. The van der Waals surface area contributed by atoms with Crippen molar-refractivity contribution in [2.24, 2.45) is 0 Å². The fourth-order valence-electron chi connectivity index (χ4n) is 3.36. The van der Waals surface area contributed by atoms with E-state index in [0.717, 1.165) is 10.5 Å². The van der Waals surface area contributed by atoms with Crippen molar-refractivity contribution in [3.63, 3.8) is 0 Å². The van der Waals surface area contributed by atoms with E-state index in [-0.39, 0.29) is 12.2 Å². The van der Waals surface area contributed by atoms with Gasteiger partial charge in [0.2, 0.25) is 0 Å². The molecule has 4 rings (SSSR count). The highest BCUT2D eigenvalue weighted by Crippen LogP contribution is 2.32. The fraction of sp³-hybridized carbons (Fsp3) is 0.0800. The lowest BCUT2D eigenvalue weighted by Gasteiger charge is -2.26. The summed E-state index contributed by atoms with van der Waals surface area (Å²) in [6.07, 6.45) is 1.39. The minimum absolute atomic E-state index is 0.178. The second-order valence-corrected chi connectivity index (χ2v) is 9.13. The summed E-state index contributed by atoms with van der Waals surface area (Å²) < 4.78 is 11.9. The number of nitrogens with one attached hydrogen (secondary N) is 1. The molecule has 0 unspecified atom stereocenters. The van der Waals surface area contributed by atoms with Crippen LogP contribution in [0, 0.1) is 0 Å². The third-order valence-electron chi connectivity index (χ3n) is 5.07. The first-order valence-corrected chi connectivity index (χ1v) is 11.7. The van der Waals surface area contributed by atoms with E-state index in [4.69, 9.17) is 32.7 Å². The maximum atomic E-state index is 13.1. The molecule has 4 amide bonds. The number of barbiturate groups is 1. The van der Waals surface area contributed by atoms with Crippen LogP contribution in [0.3, 0.4) is 0 Å². The number of methoxy groups -OCH3 is 1. The molecule has 1 N–H and O–H groups in total. The Balaban J connectivity index is 1.59. The predicted molar refractivity (Wildman–Crippen MR) is 137 cm³/mol. The average molecular weight is 576 g/mol. The van der Waals surface area contributed by atoms with Crippen molar-refractivity contribution in [3.05, 3.63) is 91.9 Å². The number of imide groups is 2. The summed E-state index contributed by atoms with van der Waals surface area (Å²) in [6, 6.07) is 15.9. The quantitative estimate of drug-likeness (QED) is 0.287. The van der Waals surface area contributed by atoms with Crippen molar-refractivity contribution >= 4 is 68.7 Å². The Labute approximate surface area is 219 Å². The minimum Gasteiger partial charge on any atom is -0.493 e. The normalized spacial score (nSPS) is 14.8. The lowest BCUT2D eigenvalue weighted by molar-refractivity contribution is -0.122. The molecule has 0 radical (unpaired) electrons. The molecule has 0 aromatic heterocycles. The standard InChI is InChI=1S/C25H17BrCl2N2O5/c1-34-22-10-14(5-8-21(22)35-13-15-6-7-17(27)12-20(15)28)9-19-23(31)29-25(33)30(24(19)32)18-4-2-3-16(26)11-18/h2-12H,13H2,1H3,(H,29,31,33)/b19-9+. The number of halogens is 3. The number of carbonyl (C=O) groups is 3. The number of benzene rings is 3. The Hall–Kier alpha value is -3.33. The third kappa shape index (κ3) is 5.51. The summed E-state index contributed by atoms with van der Waals surface area (Å²) in [4.78, 5) is 38.8. The van der Waals surface area contributed by atoms with Crippen molar-refractivity contribution in [3.8, 4) is 11.5 Å². The number of rotatable bonds is 6. The van der Waals surface area contributed by atoms with Crippen LogP contribution in [0.1, 0.15) is 11.1 Å². The molecule has 0 atom stereocenters. The van der Waals surface area contributed by atoms with Crippen LogP contribution < -0.4 is 19.7 Å². The highest BCUT2D eigenvalue weighted by molar-refractivity contribution is 9.10. The van der Waals surface area contributed by atoms with Gasteiger partial charge in [0.1, 0.15) is 12.2 Å². The second kappa shape index (κ2) is 10.5. The first-order valence-electron chi connectivity index (χ1n) is 10.2. The molecule has 0 bridgehead atoms. The number of nitrogens with zero attached hydrogens (tertiary/aromatic N) is 1. The zero-order chi connectivity index (χ0) is 25.1. The lowest BCUT2D eigenvalue weighted by atomic mass is 10.1. The van der Waals surface area contributed by atoms with Crippen LogP contribution >= 0.6 is 39.1 Å². The number of ether oxygens (including phenoxy) is 2. The summed E-state index contributed by atoms with van der Waals surface area (Å²) in [5.74, 6) is -0.713. The summed E-state index contributed by atoms with van der Waals surface area (Å²) in [5, 5.41) is 3.20. The SMILES string of the molecule is COc1cc(/C=C2\C(=O)NC(=O)N(c3cccc(Br)c3)C2=O)ccc1OCc1ccc(Cl)cc1Cl. The molecule has 1 fully saturated rings. The van der Waals surface area contributed by atoms with Crippen molar-refractivity contribution in [2.75, 3.05) is 12.0 Å². The Morgan fingerprint density at radius 1 is 1.00 bits per heavy atom. The highest BCUT2D eigenvalue weighted by atomic mass is 79.9. The van der Waals surface area contributed by atoms with Crippen molar-refractivity contribution in [1.29, 1.82) is 0 Å². The maximum absolute atomic E-state index is 13.1. The van der Waals surface area contributed by atoms with E-state index in [1.54, 1.807) is 60.7 Å². The van der Waals surface area contributed by atoms with Gasteiger partial charge in [-0.05, 0) is 54.1 Å². The van der Waals surface area contributed by atoms with Crippen LogP contribution in [0.4, 0.5) is 10.5 Å². The van der Waals surface area contributed by atoms with E-state index in [0.29, 0.717) is 37.3 Å². The first kappa shape index (κ1) is 24.8. The van der Waals surface area contributed by atoms with Crippen LogP contribution in [-0.2, 0) is 16.2 Å². The van der Waals surface area contributed by atoms with Crippen molar-refractivity contribution < 1.29 is 23.9 Å². The van der Waals surface area contributed by atoms with Crippen LogP contribution in [0.15, 0.2) is 70.7 Å². The van der Waals surface area contributed by atoms with Gasteiger partial charge in [-0.1, -0.05) is 57.3 Å². The first-order chi connectivity index (χ1) is 16.8. The molecule has 178 valence electrons. The number of anilines is 1. The van der Waals surface area contributed by atoms with E-state index in [2.05, 4.69) is 21.2 Å². The third-order valence-corrected chi connectivity index (χ3v) is 6.15. The number of carbonyl (C=O) groups excluding carboxylic acids is 3. The molecule has 1 saturated heterocycles. The molecular weight excluding hydrogens is 559 g/mol. The molecule has 1 heterocycles. The topological polar surface area (TPSA) is 84.9 Å². The van der Waals surface area contributed by atoms with Gasteiger partial charge in [0.15, 0.2) is 11.5 Å². The molecular formula is C25H17BrCl2N2O5. The molecule has 7 nitrogen and oxygen atoms in total. The zero-order valence-electron chi connectivity index (χ0n) is 18.2. The number of urea groups is 1. The van der Waals surface area contributed by atoms with Crippen molar-refractivity contribution in [2.45, 2.75) is 6.61 Å². The van der Waals surface area contributed by atoms with Crippen molar-refractivity contribution in [1.82, 2.24) is 5.32 Å². The molecule has 1 aliphatic rings. The van der Waals surface area contributed by atoms with Gasteiger partial charge in [-0.2, -0.15) is 0 Å². The van der Waals surface area contributed by atoms with Gasteiger partial charge in [0, 0.05) is 20.1 Å². The van der Waals surface area contributed by atoms with E-state index in [1.807, 2.05) is 0 Å². The molecule has 3 aromatic rings. The Bertz CT molecular complexity index is 1380. The molecule has 0 saturated carbocycles. The van der Waals surface area contributed by atoms with E-state index in [9.17, 15) is 14.4 Å². The van der Waals surface area contributed by atoms with Gasteiger partial charge in [0.25, 0.3) is 11.8 Å². The molecule has 0 spiro atoms. The second-order valence-electron chi connectivity index (χ2n) is 7.37. The highest BCUT2D eigenvalue weighted by Gasteiger charge is 2.36. The summed E-state index contributed by atoms with van der Waals surface area (Å²) in [7, 11) is 1.47. The van der Waals surface area contributed by atoms with Gasteiger partial charge < -0.3 is 9.47 Å². The summed E-state index contributed by atoms with van der Waals surface area (Å²) in [5.41, 5.74) is 1.36. The van der Waals surface area contributed by atoms with Crippen LogP contribution in [0.2, 0.25) is 10.0 Å². The number of amides is 4. The van der Waals surface area contributed by atoms with E-state index < -0.39 is 17.8 Å². The van der Waals surface area contributed by atoms with Crippen LogP contribution in [0.25, 0.3) is 6.08 Å².